The summed E-state index contributed by atoms with van der Waals surface area (Å²) >= 11 is 0. The molecular formula is C38H47N5O7S. The number of ether oxygens (including phenoxy) is 2. The number of benzene rings is 3. The Hall–Kier alpha value is -4.59. The highest BCUT2D eigenvalue weighted by atomic mass is 32.2. The van der Waals surface area contributed by atoms with E-state index in [0.717, 1.165) is 37.7 Å². The summed E-state index contributed by atoms with van der Waals surface area (Å²) in [7, 11) is -3.98. The summed E-state index contributed by atoms with van der Waals surface area (Å²) in [6.45, 7) is 1.68. The fourth-order valence-corrected chi connectivity index (χ4v) is 7.64. The Bertz CT molecular complexity index is 1700. The number of sulfone groups is 1. The summed E-state index contributed by atoms with van der Waals surface area (Å²) < 4.78 is 39.0. The predicted octanol–water partition coefficient (Wildman–Crippen LogP) is 4.33. The number of rotatable bonds is 15. The van der Waals surface area contributed by atoms with Gasteiger partial charge in [-0.25, -0.2) is 18.6 Å². The van der Waals surface area contributed by atoms with Crippen LogP contribution in [0.4, 0.5) is 4.79 Å². The van der Waals surface area contributed by atoms with Gasteiger partial charge in [0, 0.05) is 18.7 Å². The largest absolute Gasteiger partial charge is 0.378 e. The number of hydrazone groups is 1. The fourth-order valence-electron chi connectivity index (χ4n) is 6.25. The second-order valence-corrected chi connectivity index (χ2v) is 14.9. The first kappa shape index (κ1) is 37.7. The highest BCUT2D eigenvalue weighted by Crippen LogP contribution is 2.27. The lowest BCUT2D eigenvalue weighted by molar-refractivity contribution is -0.124. The van der Waals surface area contributed by atoms with E-state index in [-0.39, 0.29) is 35.8 Å². The molecular weight excluding hydrogens is 671 g/mol. The van der Waals surface area contributed by atoms with E-state index in [2.05, 4.69) is 21.2 Å². The van der Waals surface area contributed by atoms with E-state index in [9.17, 15) is 22.8 Å². The molecule has 1 aliphatic heterocycles. The lowest BCUT2D eigenvalue weighted by atomic mass is 9.84. The number of morpholine rings is 1. The molecule has 4 amide bonds. The lowest BCUT2D eigenvalue weighted by Crippen LogP contribution is -2.57. The molecule has 51 heavy (non-hydrogen) atoms. The van der Waals surface area contributed by atoms with Crippen LogP contribution >= 0.6 is 0 Å². The van der Waals surface area contributed by atoms with Gasteiger partial charge in [-0.2, -0.15) is 5.10 Å². The lowest BCUT2D eigenvalue weighted by Gasteiger charge is -2.32. The highest BCUT2D eigenvalue weighted by molar-refractivity contribution is 7.92. The molecule has 0 aromatic heterocycles. The number of hydrogen-bond acceptors (Lipinski definition) is 8. The van der Waals surface area contributed by atoms with E-state index in [1.54, 1.807) is 53.4 Å². The van der Waals surface area contributed by atoms with E-state index >= 15 is 0 Å². The summed E-state index contributed by atoms with van der Waals surface area (Å²) in [5, 5.41) is 10.3. The summed E-state index contributed by atoms with van der Waals surface area (Å²) in [6.07, 6.45) is 5.59. The molecule has 3 N–H and O–H groups in total. The van der Waals surface area contributed by atoms with Gasteiger partial charge in [-0.15, -0.1) is 0 Å². The molecule has 0 spiro atoms. The zero-order chi connectivity index (χ0) is 35.9. The van der Waals surface area contributed by atoms with Gasteiger partial charge < -0.3 is 25.0 Å². The number of hydrogen-bond donors (Lipinski definition) is 3. The van der Waals surface area contributed by atoms with Gasteiger partial charge in [0.1, 0.15) is 6.04 Å². The third-order valence-electron chi connectivity index (χ3n) is 9.10. The molecule has 1 saturated carbocycles. The second kappa shape index (κ2) is 19.1. The average molecular weight is 718 g/mol. The quantitative estimate of drug-likeness (QED) is 0.156. The third-order valence-corrected chi connectivity index (χ3v) is 10.8. The van der Waals surface area contributed by atoms with Crippen LogP contribution in [0.1, 0.15) is 54.4 Å². The molecule has 1 saturated heterocycles. The molecule has 13 heteroatoms. The van der Waals surface area contributed by atoms with Crippen LogP contribution in [0.15, 0.2) is 101 Å². The minimum Gasteiger partial charge on any atom is -0.378 e. The first-order valence-corrected chi connectivity index (χ1v) is 19.2. The minimum atomic E-state index is -3.98. The molecule has 272 valence electrons. The van der Waals surface area contributed by atoms with Crippen molar-refractivity contribution in [3.63, 3.8) is 0 Å². The van der Waals surface area contributed by atoms with Gasteiger partial charge in [-0.05, 0) is 42.2 Å². The number of carbonyl (C=O) groups excluding carboxylic acids is 3. The van der Waals surface area contributed by atoms with Gasteiger partial charge in [-0.1, -0.05) is 98.8 Å². The molecule has 0 radical (unpaired) electrons. The molecule has 0 unspecified atom stereocenters. The van der Waals surface area contributed by atoms with Gasteiger partial charge in [0.15, 0.2) is 9.84 Å². The molecule has 3 aromatic carbocycles. The zero-order valence-electron chi connectivity index (χ0n) is 28.7. The highest BCUT2D eigenvalue weighted by Gasteiger charge is 2.32. The Labute approximate surface area is 299 Å². The Balaban J connectivity index is 1.44. The molecule has 3 aromatic rings. The standard InChI is InChI=1S/C38H47N5O7S/c44-36(31-17-9-3-10-18-31)42-41-35(28-51(47,48)32-19-11-4-12-20-32)34(27-50-26-30-15-7-2-8-16-30)39-37(45)33(25-29-13-5-1-6-14-29)40-38(46)43-21-23-49-24-22-43/h2-4,7-12,15-20,29,33-34H,1,5-6,13-14,21-28H2,(H,39,45)(H,40,46)(H,42,44)/b41-35+/t33-,34-/m0/s1. The van der Waals surface area contributed by atoms with Crippen molar-refractivity contribution in [2.24, 2.45) is 11.0 Å². The zero-order valence-corrected chi connectivity index (χ0v) is 29.6. The first-order valence-electron chi connectivity index (χ1n) is 17.5. The summed E-state index contributed by atoms with van der Waals surface area (Å²) in [6, 6.07) is 23.4. The van der Waals surface area contributed by atoms with Crippen LogP contribution in [0.3, 0.4) is 0 Å². The van der Waals surface area contributed by atoms with Gasteiger partial charge in [0.25, 0.3) is 5.91 Å². The third kappa shape index (κ3) is 11.7. The maximum atomic E-state index is 14.3. The van der Waals surface area contributed by atoms with Crippen molar-refractivity contribution in [3.05, 3.63) is 102 Å². The van der Waals surface area contributed by atoms with Crippen molar-refractivity contribution in [2.45, 2.75) is 62.1 Å². The van der Waals surface area contributed by atoms with Crippen LogP contribution < -0.4 is 16.1 Å². The Morgan fingerprint density at radius 3 is 2.12 bits per heavy atom. The molecule has 2 aliphatic rings. The van der Waals surface area contributed by atoms with Crippen molar-refractivity contribution < 1.29 is 32.3 Å². The van der Waals surface area contributed by atoms with Crippen LogP contribution in [0.2, 0.25) is 0 Å². The number of carbonyl (C=O) groups is 3. The average Bonchev–Trinajstić information content (AvgIpc) is 3.17. The molecule has 2 fully saturated rings. The smallest absolute Gasteiger partial charge is 0.318 e. The summed E-state index contributed by atoms with van der Waals surface area (Å²) in [5.41, 5.74) is 3.67. The summed E-state index contributed by atoms with van der Waals surface area (Å²) in [5.74, 6) is -1.41. The summed E-state index contributed by atoms with van der Waals surface area (Å²) in [4.78, 5) is 42.4. The molecule has 1 aliphatic carbocycles. The van der Waals surface area contributed by atoms with Gasteiger partial charge in [0.05, 0.1) is 48.8 Å². The Morgan fingerprint density at radius 1 is 0.824 bits per heavy atom. The van der Waals surface area contributed by atoms with Crippen molar-refractivity contribution in [2.75, 3.05) is 38.7 Å². The minimum absolute atomic E-state index is 0.0273. The van der Waals surface area contributed by atoms with Gasteiger partial charge in [-0.3, -0.25) is 9.59 Å². The number of nitrogens with one attached hydrogen (secondary N) is 3. The van der Waals surface area contributed by atoms with Gasteiger partial charge in [0.2, 0.25) is 5.91 Å². The first-order chi connectivity index (χ1) is 24.8. The SMILES string of the molecule is O=C(N/N=C(\CS(=O)(=O)c1ccccc1)[C@H](COCc1ccccc1)NC(=O)[C@H](CC1CCCCC1)NC(=O)N1CCOCC1)c1ccccc1. The number of nitrogens with zero attached hydrogens (tertiary/aromatic N) is 2. The van der Waals surface area contributed by atoms with E-state index in [1.807, 2.05) is 30.3 Å². The topological polar surface area (TPSA) is 156 Å². The van der Waals surface area contributed by atoms with Crippen LogP contribution in [-0.2, 0) is 30.7 Å². The molecule has 2 atom stereocenters. The van der Waals surface area contributed by atoms with Crippen LogP contribution in [0.5, 0.6) is 0 Å². The van der Waals surface area contributed by atoms with Crippen molar-refractivity contribution in [1.29, 1.82) is 0 Å². The molecule has 1 heterocycles. The molecule has 12 nitrogen and oxygen atoms in total. The Kier molecular flexibility index (Phi) is 14.1. The van der Waals surface area contributed by atoms with Crippen LogP contribution in [-0.4, -0.2) is 87.6 Å². The van der Waals surface area contributed by atoms with E-state index in [1.165, 1.54) is 12.1 Å². The number of urea groups is 1. The maximum Gasteiger partial charge on any atom is 0.318 e. The monoisotopic (exact) mass is 717 g/mol. The van der Waals surface area contributed by atoms with Crippen molar-refractivity contribution in [1.82, 2.24) is 21.0 Å². The van der Waals surface area contributed by atoms with Crippen LogP contribution in [0.25, 0.3) is 0 Å². The van der Waals surface area contributed by atoms with Crippen LogP contribution in [0, 0.1) is 5.92 Å². The molecule has 5 rings (SSSR count). The van der Waals surface area contributed by atoms with Gasteiger partial charge >= 0.3 is 6.03 Å². The number of amides is 4. The van der Waals surface area contributed by atoms with E-state index < -0.39 is 39.5 Å². The van der Waals surface area contributed by atoms with E-state index in [4.69, 9.17) is 9.47 Å². The maximum absolute atomic E-state index is 14.3. The van der Waals surface area contributed by atoms with Crippen molar-refractivity contribution >= 4 is 33.4 Å². The normalized spacial score (nSPS) is 16.9. The van der Waals surface area contributed by atoms with E-state index in [0.29, 0.717) is 38.3 Å². The molecule has 0 bridgehead atoms. The Morgan fingerprint density at radius 2 is 1.45 bits per heavy atom. The predicted molar refractivity (Wildman–Crippen MR) is 194 cm³/mol. The fraction of sp³-hybridized carbons (Fsp3) is 0.421. The second-order valence-electron chi connectivity index (χ2n) is 12.9. The van der Waals surface area contributed by atoms with Crippen molar-refractivity contribution in [3.8, 4) is 0 Å².